The molecule has 1 aliphatic carbocycles. The van der Waals surface area contributed by atoms with Crippen molar-refractivity contribution < 1.29 is 19.4 Å². The molecular weight excluding hydrogens is 210 g/mol. The van der Waals surface area contributed by atoms with E-state index in [4.69, 9.17) is 9.84 Å². The number of aliphatic carboxylic acids is 1. The van der Waals surface area contributed by atoms with Crippen LogP contribution in [0.4, 0.5) is 4.79 Å². The molecule has 16 heavy (non-hydrogen) atoms. The van der Waals surface area contributed by atoms with Gasteiger partial charge in [-0.2, -0.15) is 0 Å². The zero-order chi connectivity index (χ0) is 12.1. The summed E-state index contributed by atoms with van der Waals surface area (Å²) >= 11 is 0. The Hall–Kier alpha value is -1.52. The zero-order valence-corrected chi connectivity index (χ0v) is 9.56. The summed E-state index contributed by atoms with van der Waals surface area (Å²) in [7, 11) is 0. The Labute approximate surface area is 93.7 Å². The Kier molecular flexibility index (Phi) is 2.22. The molecule has 0 spiro atoms. The van der Waals surface area contributed by atoms with Crippen molar-refractivity contribution >= 4 is 12.1 Å². The minimum atomic E-state index is -0.989. The first-order valence-corrected chi connectivity index (χ1v) is 5.23. The fourth-order valence-corrected chi connectivity index (χ4v) is 1.91. The van der Waals surface area contributed by atoms with Crippen molar-refractivity contribution in [2.75, 3.05) is 6.54 Å². The third-order valence-corrected chi connectivity index (χ3v) is 2.60. The first-order valence-electron chi connectivity index (χ1n) is 5.23. The predicted molar refractivity (Wildman–Crippen MR) is 55.9 cm³/mol. The van der Waals surface area contributed by atoms with E-state index in [9.17, 15) is 9.59 Å². The quantitative estimate of drug-likeness (QED) is 0.682. The average molecular weight is 225 g/mol. The van der Waals surface area contributed by atoms with Crippen LogP contribution in [-0.4, -0.2) is 40.3 Å². The molecule has 5 heteroatoms. The lowest BCUT2D eigenvalue weighted by Crippen LogP contribution is -2.44. The van der Waals surface area contributed by atoms with Crippen molar-refractivity contribution in [1.29, 1.82) is 0 Å². The highest BCUT2D eigenvalue weighted by Gasteiger charge is 2.50. The molecule has 1 saturated heterocycles. The lowest BCUT2D eigenvalue weighted by Gasteiger charge is -2.27. The summed E-state index contributed by atoms with van der Waals surface area (Å²) < 4.78 is 5.17. The number of nitrogens with zero attached hydrogens (tertiary/aromatic N) is 1. The molecule has 2 atom stereocenters. The average Bonchev–Trinajstić information content (AvgIpc) is 2.73. The minimum Gasteiger partial charge on any atom is -0.479 e. The molecule has 1 N–H and O–H groups in total. The molecule has 1 heterocycles. The highest BCUT2D eigenvalue weighted by molar-refractivity contribution is 5.86. The first kappa shape index (κ1) is 11.0. The summed E-state index contributed by atoms with van der Waals surface area (Å²) in [5.74, 6) is -0.828. The molecule has 0 saturated carbocycles. The number of amides is 1. The van der Waals surface area contributed by atoms with Crippen LogP contribution in [0.2, 0.25) is 0 Å². The van der Waals surface area contributed by atoms with Crippen LogP contribution in [0.1, 0.15) is 20.8 Å². The number of rotatable bonds is 1. The molecule has 1 amide bonds. The highest BCUT2D eigenvalue weighted by Crippen LogP contribution is 2.42. The number of carbonyl (C=O) groups excluding carboxylic acids is 1. The SMILES string of the molecule is CC(C)(C)OC(=O)N1C[C@@H]2C=C2[C@@H]1C(=O)O. The van der Waals surface area contributed by atoms with Crippen LogP contribution < -0.4 is 0 Å². The number of carboxylic acids is 1. The molecule has 2 rings (SSSR count). The normalized spacial score (nSPS) is 27.2. The summed E-state index contributed by atoms with van der Waals surface area (Å²) in [5, 5.41) is 9.04. The summed E-state index contributed by atoms with van der Waals surface area (Å²) in [5.41, 5.74) is 0.236. The summed E-state index contributed by atoms with van der Waals surface area (Å²) in [4.78, 5) is 24.1. The van der Waals surface area contributed by atoms with Crippen molar-refractivity contribution in [2.24, 2.45) is 5.92 Å². The van der Waals surface area contributed by atoms with Gasteiger partial charge in [0.25, 0.3) is 0 Å². The van der Waals surface area contributed by atoms with E-state index >= 15 is 0 Å². The molecular formula is C11H15NO4. The Balaban J connectivity index is 2.07. The number of hydrogen-bond acceptors (Lipinski definition) is 3. The second-order valence-electron chi connectivity index (χ2n) is 5.15. The Morgan fingerprint density at radius 1 is 1.50 bits per heavy atom. The maximum absolute atomic E-state index is 11.8. The lowest BCUT2D eigenvalue weighted by molar-refractivity contribution is -0.140. The molecule has 0 aromatic carbocycles. The monoisotopic (exact) mass is 225 g/mol. The minimum absolute atomic E-state index is 0.161. The second-order valence-corrected chi connectivity index (χ2v) is 5.15. The van der Waals surface area contributed by atoms with Crippen LogP contribution in [0.25, 0.3) is 0 Å². The van der Waals surface area contributed by atoms with Gasteiger partial charge < -0.3 is 9.84 Å². The van der Waals surface area contributed by atoms with E-state index in [1.165, 1.54) is 4.90 Å². The van der Waals surface area contributed by atoms with Gasteiger partial charge in [0.2, 0.25) is 0 Å². The molecule has 2 aliphatic rings. The predicted octanol–water partition coefficient (Wildman–Crippen LogP) is 1.25. The third-order valence-electron chi connectivity index (χ3n) is 2.60. The molecule has 0 unspecified atom stereocenters. The van der Waals surface area contributed by atoms with E-state index in [1.807, 2.05) is 6.08 Å². The molecule has 0 aromatic heterocycles. The fraction of sp³-hybridized carbons (Fsp3) is 0.636. The molecule has 0 bridgehead atoms. The standard InChI is InChI=1S/C11H15NO4/c1-11(2,3)16-10(15)12-5-6-4-7(6)8(12)9(13)14/h4,6,8H,5H2,1-3H3,(H,13,14)/t6-,8+/m0/s1. The van der Waals surface area contributed by atoms with Gasteiger partial charge in [-0.1, -0.05) is 6.08 Å². The van der Waals surface area contributed by atoms with Gasteiger partial charge >= 0.3 is 12.1 Å². The van der Waals surface area contributed by atoms with Gasteiger partial charge in [-0.3, -0.25) is 4.90 Å². The van der Waals surface area contributed by atoms with Crippen LogP contribution in [0.15, 0.2) is 11.6 Å². The number of fused-ring (bicyclic) bond motifs is 1. The maximum Gasteiger partial charge on any atom is 0.411 e. The van der Waals surface area contributed by atoms with Gasteiger partial charge in [0, 0.05) is 12.5 Å². The van der Waals surface area contributed by atoms with Crippen molar-refractivity contribution in [2.45, 2.75) is 32.4 Å². The summed E-state index contributed by atoms with van der Waals surface area (Å²) in [6.07, 6.45) is 1.34. The van der Waals surface area contributed by atoms with Crippen LogP contribution in [0.5, 0.6) is 0 Å². The Morgan fingerprint density at radius 2 is 2.12 bits per heavy atom. The van der Waals surface area contributed by atoms with Gasteiger partial charge in [0.1, 0.15) is 5.60 Å². The molecule has 1 aliphatic heterocycles. The van der Waals surface area contributed by atoms with Crippen molar-refractivity contribution in [1.82, 2.24) is 4.90 Å². The van der Waals surface area contributed by atoms with E-state index in [0.29, 0.717) is 6.54 Å². The largest absolute Gasteiger partial charge is 0.479 e. The number of carbonyl (C=O) groups is 2. The van der Waals surface area contributed by atoms with Crippen LogP contribution >= 0.6 is 0 Å². The lowest BCUT2D eigenvalue weighted by atomic mass is 10.2. The maximum atomic E-state index is 11.8. The van der Waals surface area contributed by atoms with Crippen LogP contribution in [0.3, 0.4) is 0 Å². The van der Waals surface area contributed by atoms with Crippen molar-refractivity contribution in [3.63, 3.8) is 0 Å². The Morgan fingerprint density at radius 3 is 2.62 bits per heavy atom. The molecule has 88 valence electrons. The summed E-state index contributed by atoms with van der Waals surface area (Å²) in [6.45, 7) is 5.71. The number of likely N-dealkylation sites (tertiary alicyclic amines) is 1. The molecule has 0 aromatic rings. The molecule has 1 fully saturated rings. The van der Waals surface area contributed by atoms with E-state index in [2.05, 4.69) is 0 Å². The van der Waals surface area contributed by atoms with Crippen molar-refractivity contribution in [3.8, 4) is 0 Å². The van der Waals surface area contributed by atoms with Crippen molar-refractivity contribution in [3.05, 3.63) is 11.6 Å². The smallest absolute Gasteiger partial charge is 0.411 e. The van der Waals surface area contributed by atoms with Crippen LogP contribution in [-0.2, 0) is 9.53 Å². The number of hydrogen-bond donors (Lipinski definition) is 1. The van der Waals surface area contributed by atoms with Gasteiger partial charge in [-0.15, -0.1) is 0 Å². The zero-order valence-electron chi connectivity index (χ0n) is 9.56. The number of ether oxygens (including phenoxy) is 1. The molecule has 0 radical (unpaired) electrons. The summed E-state index contributed by atoms with van der Waals surface area (Å²) in [6, 6.07) is -0.820. The topological polar surface area (TPSA) is 66.8 Å². The van der Waals surface area contributed by atoms with E-state index in [1.54, 1.807) is 20.8 Å². The fourth-order valence-electron chi connectivity index (χ4n) is 1.91. The van der Waals surface area contributed by atoms with E-state index in [0.717, 1.165) is 5.57 Å². The highest BCUT2D eigenvalue weighted by atomic mass is 16.6. The first-order chi connectivity index (χ1) is 7.29. The van der Waals surface area contributed by atoms with Gasteiger partial charge in [0.15, 0.2) is 6.04 Å². The van der Waals surface area contributed by atoms with E-state index in [-0.39, 0.29) is 5.92 Å². The second kappa shape index (κ2) is 3.23. The molecule has 5 nitrogen and oxygen atoms in total. The van der Waals surface area contributed by atoms with Crippen LogP contribution in [0, 0.1) is 5.92 Å². The van der Waals surface area contributed by atoms with Gasteiger partial charge in [-0.05, 0) is 26.3 Å². The van der Waals surface area contributed by atoms with E-state index < -0.39 is 23.7 Å². The van der Waals surface area contributed by atoms with Gasteiger partial charge in [0.05, 0.1) is 0 Å². The van der Waals surface area contributed by atoms with Gasteiger partial charge in [-0.25, -0.2) is 9.59 Å². The third kappa shape index (κ3) is 1.89. The number of carboxylic acid groups (broad SMARTS) is 1. The Bertz CT molecular complexity index is 380.